The second-order valence-electron chi connectivity index (χ2n) is 5.14. The van der Waals surface area contributed by atoms with E-state index < -0.39 is 22.6 Å². The Morgan fingerprint density at radius 2 is 1.84 bits per heavy atom. The van der Waals surface area contributed by atoms with Gasteiger partial charge in [0.15, 0.2) is 22.4 Å². The summed E-state index contributed by atoms with van der Waals surface area (Å²) in [4.78, 5) is 3.97. The number of nitrogens with one attached hydrogen (secondary N) is 2. The average Bonchev–Trinajstić information content (AvgIpc) is 2.56. The average molecular weight is 381 g/mol. The van der Waals surface area contributed by atoms with Crippen LogP contribution in [0.3, 0.4) is 0 Å². The third-order valence-corrected chi connectivity index (χ3v) is 4.86. The molecule has 0 aliphatic heterocycles. The first-order valence-corrected chi connectivity index (χ1v) is 9.41. The van der Waals surface area contributed by atoms with Gasteiger partial charge in [0, 0.05) is 25.9 Å². The van der Waals surface area contributed by atoms with E-state index in [1.54, 1.807) is 26.1 Å². The Morgan fingerprint density at radius 1 is 1.20 bits per heavy atom. The maximum atomic E-state index is 12.1. The Hall–Kier alpha value is -1.97. The van der Waals surface area contributed by atoms with Gasteiger partial charge in [-0.1, -0.05) is 19.1 Å². The molecule has 0 aromatic heterocycles. The Balaban J connectivity index is 2.42. The minimum absolute atomic E-state index is 0.00937. The molecular formula is C15H22F3N3O3S. The lowest BCUT2D eigenvalue weighted by atomic mass is 10.2. The van der Waals surface area contributed by atoms with Crippen molar-refractivity contribution in [1.29, 1.82) is 0 Å². The molecule has 0 amide bonds. The van der Waals surface area contributed by atoms with Gasteiger partial charge >= 0.3 is 6.18 Å². The summed E-state index contributed by atoms with van der Waals surface area (Å²) < 4.78 is 63.7. The van der Waals surface area contributed by atoms with E-state index in [0.29, 0.717) is 12.5 Å². The van der Waals surface area contributed by atoms with Crippen LogP contribution in [-0.2, 0) is 16.4 Å². The van der Waals surface area contributed by atoms with Gasteiger partial charge in [0.1, 0.15) is 5.75 Å². The van der Waals surface area contributed by atoms with Crippen LogP contribution >= 0.6 is 0 Å². The predicted molar refractivity (Wildman–Crippen MR) is 90.5 cm³/mol. The van der Waals surface area contributed by atoms with Crippen molar-refractivity contribution in [3.63, 3.8) is 0 Å². The standard InChI is InChI=1S/C15H22F3N3O3S/c1-3-25(22,23)9-8-20-14(19-2)21-10-12-4-6-13(7-5-12)24-11-15(16,17)18/h4-7H,3,8-11H2,1-2H3,(H2,19,20,21). The van der Waals surface area contributed by atoms with Crippen molar-refractivity contribution in [2.75, 3.05) is 31.7 Å². The van der Waals surface area contributed by atoms with E-state index in [4.69, 9.17) is 0 Å². The molecule has 0 radical (unpaired) electrons. The fourth-order valence-corrected chi connectivity index (χ4v) is 2.45. The Morgan fingerprint density at radius 3 is 2.36 bits per heavy atom. The molecule has 0 aliphatic carbocycles. The van der Waals surface area contributed by atoms with Gasteiger partial charge in [-0.15, -0.1) is 0 Å². The van der Waals surface area contributed by atoms with E-state index in [2.05, 4.69) is 20.4 Å². The van der Waals surface area contributed by atoms with E-state index in [0.717, 1.165) is 5.56 Å². The zero-order valence-electron chi connectivity index (χ0n) is 14.1. The topological polar surface area (TPSA) is 79.8 Å². The second-order valence-corrected chi connectivity index (χ2v) is 7.61. The fraction of sp³-hybridized carbons (Fsp3) is 0.533. The number of alkyl halides is 3. The van der Waals surface area contributed by atoms with Crippen LogP contribution in [0, 0.1) is 0 Å². The summed E-state index contributed by atoms with van der Waals surface area (Å²) in [5.74, 6) is 0.663. The molecule has 0 bridgehead atoms. The molecule has 0 saturated heterocycles. The lowest BCUT2D eigenvalue weighted by Gasteiger charge is -2.12. The Kier molecular flexibility index (Phi) is 8.01. The van der Waals surface area contributed by atoms with Crippen molar-refractivity contribution >= 4 is 15.8 Å². The molecule has 0 unspecified atom stereocenters. The van der Waals surface area contributed by atoms with Crippen molar-refractivity contribution in [2.45, 2.75) is 19.6 Å². The number of guanidine groups is 1. The van der Waals surface area contributed by atoms with E-state index >= 15 is 0 Å². The third kappa shape index (κ3) is 9.18. The summed E-state index contributed by atoms with van der Waals surface area (Å²) in [6.07, 6.45) is -4.37. The van der Waals surface area contributed by atoms with Crippen LogP contribution < -0.4 is 15.4 Å². The molecule has 0 atom stereocenters. The number of hydrogen-bond acceptors (Lipinski definition) is 4. The molecular weight excluding hydrogens is 359 g/mol. The molecule has 1 aromatic carbocycles. The largest absolute Gasteiger partial charge is 0.484 e. The molecule has 1 aromatic rings. The van der Waals surface area contributed by atoms with Gasteiger partial charge in [-0.2, -0.15) is 13.2 Å². The van der Waals surface area contributed by atoms with E-state index in [1.165, 1.54) is 12.1 Å². The molecule has 2 N–H and O–H groups in total. The molecule has 0 spiro atoms. The maximum absolute atomic E-state index is 12.1. The summed E-state index contributed by atoms with van der Waals surface area (Å²) in [7, 11) is -1.50. The zero-order valence-corrected chi connectivity index (χ0v) is 14.9. The van der Waals surface area contributed by atoms with Crippen molar-refractivity contribution in [2.24, 2.45) is 4.99 Å². The minimum Gasteiger partial charge on any atom is -0.484 e. The quantitative estimate of drug-likeness (QED) is 0.530. The molecule has 1 rings (SSSR count). The van der Waals surface area contributed by atoms with Gasteiger partial charge in [0.25, 0.3) is 0 Å². The van der Waals surface area contributed by atoms with Gasteiger partial charge in [0.05, 0.1) is 5.75 Å². The normalized spacial score (nSPS) is 12.8. The summed E-state index contributed by atoms with van der Waals surface area (Å²) >= 11 is 0. The molecule has 0 aliphatic rings. The van der Waals surface area contributed by atoms with Gasteiger partial charge in [0.2, 0.25) is 0 Å². The first-order valence-electron chi connectivity index (χ1n) is 7.58. The monoisotopic (exact) mass is 381 g/mol. The van der Waals surface area contributed by atoms with Gasteiger partial charge in [-0.25, -0.2) is 8.42 Å². The number of ether oxygens (including phenoxy) is 1. The van der Waals surface area contributed by atoms with Crippen molar-refractivity contribution in [3.05, 3.63) is 29.8 Å². The highest BCUT2D eigenvalue weighted by molar-refractivity contribution is 7.91. The highest BCUT2D eigenvalue weighted by Gasteiger charge is 2.28. The van der Waals surface area contributed by atoms with Crippen LogP contribution in [0.15, 0.2) is 29.3 Å². The number of aliphatic imine (C=N–C) groups is 1. The number of halogens is 3. The molecule has 10 heteroatoms. The smallest absolute Gasteiger partial charge is 0.422 e. The van der Waals surface area contributed by atoms with Crippen LogP contribution in [0.2, 0.25) is 0 Å². The third-order valence-electron chi connectivity index (χ3n) is 3.15. The van der Waals surface area contributed by atoms with Crippen molar-refractivity contribution in [3.8, 4) is 5.75 Å². The van der Waals surface area contributed by atoms with E-state index in [9.17, 15) is 21.6 Å². The zero-order chi connectivity index (χ0) is 18.9. The SMILES string of the molecule is CCS(=O)(=O)CCNC(=NC)NCc1ccc(OCC(F)(F)F)cc1. The summed E-state index contributed by atoms with van der Waals surface area (Å²) in [5.41, 5.74) is 0.809. The van der Waals surface area contributed by atoms with Crippen LogP contribution in [0.4, 0.5) is 13.2 Å². The molecule has 0 saturated carbocycles. The number of benzene rings is 1. The van der Waals surface area contributed by atoms with Crippen LogP contribution in [-0.4, -0.2) is 52.3 Å². The van der Waals surface area contributed by atoms with Crippen molar-refractivity contribution in [1.82, 2.24) is 10.6 Å². The van der Waals surface area contributed by atoms with E-state index in [-0.39, 0.29) is 23.8 Å². The van der Waals surface area contributed by atoms with E-state index in [1.807, 2.05) is 0 Å². The maximum Gasteiger partial charge on any atom is 0.422 e. The first kappa shape index (κ1) is 21.1. The lowest BCUT2D eigenvalue weighted by molar-refractivity contribution is -0.153. The predicted octanol–water partition coefficient (Wildman–Crippen LogP) is 1.73. The lowest BCUT2D eigenvalue weighted by Crippen LogP contribution is -2.39. The molecule has 25 heavy (non-hydrogen) atoms. The summed E-state index contributed by atoms with van der Waals surface area (Å²) in [6.45, 7) is 0.867. The van der Waals surface area contributed by atoms with Crippen LogP contribution in [0.5, 0.6) is 5.75 Å². The Bertz CT molecular complexity index is 659. The van der Waals surface area contributed by atoms with Gasteiger partial charge in [-0.3, -0.25) is 4.99 Å². The molecule has 6 nitrogen and oxygen atoms in total. The molecule has 142 valence electrons. The second kappa shape index (κ2) is 9.50. The minimum atomic E-state index is -4.37. The highest BCUT2D eigenvalue weighted by atomic mass is 32.2. The number of hydrogen-bond donors (Lipinski definition) is 2. The Labute approximate surface area is 145 Å². The number of sulfone groups is 1. The van der Waals surface area contributed by atoms with Crippen LogP contribution in [0.25, 0.3) is 0 Å². The number of nitrogens with zero attached hydrogens (tertiary/aromatic N) is 1. The molecule has 0 fully saturated rings. The highest BCUT2D eigenvalue weighted by Crippen LogP contribution is 2.18. The van der Waals surface area contributed by atoms with Gasteiger partial charge < -0.3 is 15.4 Å². The number of rotatable bonds is 8. The summed E-state index contributed by atoms with van der Waals surface area (Å²) in [6, 6.07) is 6.17. The first-order chi connectivity index (χ1) is 11.6. The summed E-state index contributed by atoms with van der Waals surface area (Å²) in [5, 5.41) is 5.88. The van der Waals surface area contributed by atoms with Crippen molar-refractivity contribution < 1.29 is 26.3 Å². The van der Waals surface area contributed by atoms with Gasteiger partial charge in [-0.05, 0) is 17.7 Å². The van der Waals surface area contributed by atoms with Crippen LogP contribution in [0.1, 0.15) is 12.5 Å². The fourth-order valence-electron chi connectivity index (χ4n) is 1.74. The molecule has 0 heterocycles.